The molecule has 54 heavy (non-hydrogen) atoms. The third-order valence-corrected chi connectivity index (χ3v) is 11.5. The van der Waals surface area contributed by atoms with Gasteiger partial charge in [-0.3, -0.25) is 9.97 Å². The van der Waals surface area contributed by atoms with Gasteiger partial charge < -0.3 is 0 Å². The Balaban J connectivity index is 1.23. The topological polar surface area (TPSA) is 51.6 Å². The van der Waals surface area contributed by atoms with E-state index >= 15 is 0 Å². The molecule has 0 atom stereocenters. The summed E-state index contributed by atoms with van der Waals surface area (Å²) in [5.74, 6) is 0. The lowest BCUT2D eigenvalue weighted by molar-refractivity contribution is 1.31. The fraction of sp³-hybridized carbons (Fsp3) is 0. The number of fused-ring (bicyclic) bond motifs is 2. The van der Waals surface area contributed by atoms with Crippen molar-refractivity contribution in [3.63, 3.8) is 0 Å². The number of hydrogen-bond acceptors (Lipinski definition) is 6. The summed E-state index contributed by atoms with van der Waals surface area (Å²) in [5.41, 5.74) is 13.0. The highest BCUT2D eigenvalue weighted by molar-refractivity contribution is 7.13. The molecule has 4 aromatic heterocycles. The second-order valence-corrected chi connectivity index (χ2v) is 14.9. The van der Waals surface area contributed by atoms with Gasteiger partial charge in [0.1, 0.15) is 10.0 Å². The average molecular weight is 727 g/mol. The van der Waals surface area contributed by atoms with Gasteiger partial charge in [0.05, 0.1) is 11.4 Å². The molecule has 0 aliphatic carbocycles. The van der Waals surface area contributed by atoms with Gasteiger partial charge in [-0.1, -0.05) is 97.1 Å². The van der Waals surface area contributed by atoms with E-state index in [0.717, 1.165) is 76.3 Å². The van der Waals surface area contributed by atoms with Gasteiger partial charge in [0.25, 0.3) is 0 Å². The fourth-order valence-corrected chi connectivity index (χ4v) is 8.63. The van der Waals surface area contributed by atoms with Crippen molar-refractivity contribution >= 4 is 44.2 Å². The molecule has 0 aliphatic rings. The molecule has 0 amide bonds. The summed E-state index contributed by atoms with van der Waals surface area (Å²) in [7, 11) is 0. The van der Waals surface area contributed by atoms with Crippen LogP contribution in [0.1, 0.15) is 0 Å². The summed E-state index contributed by atoms with van der Waals surface area (Å²) in [5, 5.41) is 10.4. The molecule has 0 saturated heterocycles. The average Bonchev–Trinajstić information content (AvgIpc) is 4.00. The molecule has 0 N–H and O–H groups in total. The molecule has 0 radical (unpaired) electrons. The Morgan fingerprint density at radius 2 is 0.759 bits per heavy atom. The highest BCUT2D eigenvalue weighted by Crippen LogP contribution is 2.45. The highest BCUT2D eigenvalue weighted by Gasteiger charge is 2.20. The largest absolute Gasteiger partial charge is 0.255 e. The molecule has 4 heterocycles. The van der Waals surface area contributed by atoms with Gasteiger partial charge >= 0.3 is 0 Å². The molecule has 0 fully saturated rings. The zero-order valence-electron chi connectivity index (χ0n) is 28.9. The fourth-order valence-electron chi connectivity index (χ4n) is 7.37. The van der Waals surface area contributed by atoms with E-state index in [-0.39, 0.29) is 0 Å². The molecule has 6 aromatic carbocycles. The number of benzene rings is 6. The summed E-state index contributed by atoms with van der Waals surface area (Å²) >= 11 is 3.24. The van der Waals surface area contributed by atoms with Gasteiger partial charge in [-0.15, -0.1) is 22.7 Å². The van der Waals surface area contributed by atoms with Crippen molar-refractivity contribution in [1.29, 1.82) is 0 Å². The van der Waals surface area contributed by atoms with Crippen molar-refractivity contribution in [3.05, 3.63) is 181 Å². The lowest BCUT2D eigenvalue weighted by Gasteiger charge is -2.18. The molecule has 0 aliphatic heterocycles. The second-order valence-electron chi connectivity index (χ2n) is 13.1. The van der Waals surface area contributed by atoms with E-state index in [4.69, 9.17) is 9.97 Å². The standard InChI is InChI=1S/C48H30N4S2/c1-3-9-31(10-4-1)36-25-37(32-11-5-2-6-12-32)27-38(26-36)33-15-18-41-42(28-33)46(44-20-17-35(30-52-44)48-50-22-24-54-48)40-14-8-7-13-39(40)45(41)43-19-16-34(29-51-43)47-49-21-23-53-47/h1-30H. The summed E-state index contributed by atoms with van der Waals surface area (Å²) in [6.07, 6.45) is 7.56. The molecular weight excluding hydrogens is 697 g/mol. The second kappa shape index (κ2) is 13.7. The van der Waals surface area contributed by atoms with E-state index in [0.29, 0.717) is 0 Å². The zero-order chi connectivity index (χ0) is 35.8. The van der Waals surface area contributed by atoms with E-state index in [9.17, 15) is 0 Å². The smallest absolute Gasteiger partial charge is 0.124 e. The van der Waals surface area contributed by atoms with Crippen LogP contribution in [0.2, 0.25) is 0 Å². The van der Waals surface area contributed by atoms with Crippen molar-refractivity contribution in [1.82, 2.24) is 19.9 Å². The van der Waals surface area contributed by atoms with Crippen LogP contribution in [0, 0.1) is 0 Å². The number of hydrogen-bond donors (Lipinski definition) is 0. The van der Waals surface area contributed by atoms with Crippen LogP contribution in [-0.4, -0.2) is 19.9 Å². The Labute approximate surface area is 320 Å². The number of pyridine rings is 2. The third-order valence-electron chi connectivity index (χ3n) is 9.90. The Kier molecular flexibility index (Phi) is 8.17. The van der Waals surface area contributed by atoms with Crippen molar-refractivity contribution in [2.24, 2.45) is 0 Å². The quantitative estimate of drug-likeness (QED) is 0.153. The summed E-state index contributed by atoms with van der Waals surface area (Å²) in [4.78, 5) is 19.2. The number of nitrogens with zero attached hydrogens (tertiary/aromatic N) is 4. The van der Waals surface area contributed by atoms with Crippen LogP contribution in [0.15, 0.2) is 181 Å². The van der Waals surface area contributed by atoms with Gasteiger partial charge in [-0.25, -0.2) is 9.97 Å². The Bertz CT molecular complexity index is 2830. The summed E-state index contributed by atoms with van der Waals surface area (Å²) in [6.45, 7) is 0. The van der Waals surface area contributed by atoms with E-state index in [1.165, 1.54) is 22.3 Å². The minimum absolute atomic E-state index is 0.912. The first-order valence-corrected chi connectivity index (χ1v) is 19.5. The highest BCUT2D eigenvalue weighted by atomic mass is 32.1. The Morgan fingerprint density at radius 3 is 1.22 bits per heavy atom. The molecule has 254 valence electrons. The minimum Gasteiger partial charge on any atom is -0.255 e. The predicted octanol–water partition coefficient (Wildman–Crippen LogP) is 13.4. The maximum Gasteiger partial charge on any atom is 0.124 e. The van der Waals surface area contributed by atoms with Crippen molar-refractivity contribution < 1.29 is 0 Å². The predicted molar refractivity (Wildman–Crippen MR) is 226 cm³/mol. The Hall–Kier alpha value is -6.60. The van der Waals surface area contributed by atoms with Crippen LogP contribution in [0.3, 0.4) is 0 Å². The molecule has 0 unspecified atom stereocenters. The maximum atomic E-state index is 5.10. The first-order valence-electron chi connectivity index (χ1n) is 17.7. The molecule has 4 nitrogen and oxygen atoms in total. The molecule has 0 bridgehead atoms. The first kappa shape index (κ1) is 32.1. The van der Waals surface area contributed by atoms with E-state index in [1.807, 2.05) is 35.5 Å². The Morgan fingerprint density at radius 1 is 0.315 bits per heavy atom. The van der Waals surface area contributed by atoms with E-state index in [2.05, 4.69) is 156 Å². The lowest BCUT2D eigenvalue weighted by atomic mass is 9.86. The summed E-state index contributed by atoms with van der Waals surface area (Å²) in [6, 6.07) is 52.2. The number of thiazole rings is 2. The van der Waals surface area contributed by atoms with Crippen LogP contribution >= 0.6 is 22.7 Å². The maximum absolute atomic E-state index is 5.10. The van der Waals surface area contributed by atoms with Gasteiger partial charge in [0.2, 0.25) is 0 Å². The van der Waals surface area contributed by atoms with Gasteiger partial charge in [-0.2, -0.15) is 0 Å². The van der Waals surface area contributed by atoms with Crippen LogP contribution in [0.5, 0.6) is 0 Å². The lowest BCUT2D eigenvalue weighted by Crippen LogP contribution is -1.95. The van der Waals surface area contributed by atoms with Gasteiger partial charge in [0.15, 0.2) is 0 Å². The molecule has 10 aromatic rings. The van der Waals surface area contributed by atoms with E-state index in [1.54, 1.807) is 22.7 Å². The van der Waals surface area contributed by atoms with E-state index < -0.39 is 0 Å². The molecule has 0 saturated carbocycles. The van der Waals surface area contributed by atoms with Crippen molar-refractivity contribution in [3.8, 4) is 77.0 Å². The zero-order valence-corrected chi connectivity index (χ0v) is 30.6. The minimum atomic E-state index is 0.912. The number of rotatable bonds is 7. The van der Waals surface area contributed by atoms with Crippen LogP contribution in [-0.2, 0) is 0 Å². The van der Waals surface area contributed by atoms with Crippen molar-refractivity contribution in [2.75, 3.05) is 0 Å². The first-order chi connectivity index (χ1) is 26.8. The van der Waals surface area contributed by atoms with Crippen LogP contribution in [0.25, 0.3) is 98.6 Å². The van der Waals surface area contributed by atoms with Crippen molar-refractivity contribution in [2.45, 2.75) is 0 Å². The van der Waals surface area contributed by atoms with Crippen LogP contribution < -0.4 is 0 Å². The molecule has 0 spiro atoms. The monoisotopic (exact) mass is 726 g/mol. The SMILES string of the molecule is c1ccc(-c2cc(-c3ccccc3)cc(-c3ccc4c(-c5ccc(-c6nccs6)cn5)c5ccccc5c(-c5ccc(-c6nccs6)cn5)c4c3)c2)cc1. The van der Waals surface area contributed by atoms with Gasteiger partial charge in [0, 0.05) is 57.8 Å². The molecular formula is C48H30N4S2. The van der Waals surface area contributed by atoms with Gasteiger partial charge in [-0.05, 0) is 103 Å². The molecule has 6 heteroatoms. The molecule has 10 rings (SSSR count). The van der Waals surface area contributed by atoms with Crippen LogP contribution in [0.4, 0.5) is 0 Å². The summed E-state index contributed by atoms with van der Waals surface area (Å²) < 4.78 is 0. The normalized spacial score (nSPS) is 11.3. The number of aromatic nitrogens is 4. The third kappa shape index (κ3) is 5.88.